The monoisotopic (exact) mass is 284 g/mol. The minimum Gasteiger partial charge on any atom is -0.465 e. The molecule has 0 saturated heterocycles. The van der Waals surface area contributed by atoms with Gasteiger partial charge < -0.3 is 15.4 Å². The molecule has 4 nitrogen and oxygen atoms in total. The molecule has 2 aromatic rings. The SMILES string of the molecule is COC(=O)c1cc(N)ccc1N(C)CCc1ccccc1. The number of esters is 1. The maximum atomic E-state index is 11.9. The predicted octanol–water partition coefficient (Wildman–Crippen LogP) is 2.73. The van der Waals surface area contributed by atoms with Crippen molar-refractivity contribution >= 4 is 17.3 Å². The van der Waals surface area contributed by atoms with Gasteiger partial charge in [0.2, 0.25) is 0 Å². The van der Waals surface area contributed by atoms with Crippen molar-refractivity contribution in [2.75, 3.05) is 31.3 Å². The lowest BCUT2D eigenvalue weighted by Gasteiger charge is -2.22. The van der Waals surface area contributed by atoms with Crippen LogP contribution in [-0.4, -0.2) is 26.7 Å². The molecule has 2 aromatic carbocycles. The molecule has 0 aliphatic carbocycles. The van der Waals surface area contributed by atoms with Gasteiger partial charge in [-0.25, -0.2) is 4.79 Å². The Morgan fingerprint density at radius 3 is 2.57 bits per heavy atom. The van der Waals surface area contributed by atoms with Crippen molar-refractivity contribution in [1.29, 1.82) is 0 Å². The van der Waals surface area contributed by atoms with Gasteiger partial charge in [-0.3, -0.25) is 0 Å². The van der Waals surface area contributed by atoms with E-state index < -0.39 is 0 Å². The first-order valence-electron chi connectivity index (χ1n) is 6.84. The van der Waals surface area contributed by atoms with Crippen LogP contribution in [-0.2, 0) is 11.2 Å². The molecule has 0 aliphatic heterocycles. The second-order valence-corrected chi connectivity index (χ2v) is 4.93. The van der Waals surface area contributed by atoms with Crippen molar-refractivity contribution in [3.05, 3.63) is 59.7 Å². The van der Waals surface area contributed by atoms with Gasteiger partial charge in [0, 0.05) is 19.3 Å². The van der Waals surface area contributed by atoms with Crippen molar-refractivity contribution in [1.82, 2.24) is 0 Å². The summed E-state index contributed by atoms with van der Waals surface area (Å²) in [4.78, 5) is 13.9. The summed E-state index contributed by atoms with van der Waals surface area (Å²) in [7, 11) is 3.33. The van der Waals surface area contributed by atoms with Crippen molar-refractivity contribution < 1.29 is 9.53 Å². The summed E-state index contributed by atoms with van der Waals surface area (Å²) in [5, 5.41) is 0. The first-order valence-corrected chi connectivity index (χ1v) is 6.84. The molecule has 0 spiro atoms. The third kappa shape index (κ3) is 3.75. The van der Waals surface area contributed by atoms with Gasteiger partial charge in [0.25, 0.3) is 0 Å². The van der Waals surface area contributed by atoms with E-state index in [4.69, 9.17) is 10.5 Å². The molecule has 110 valence electrons. The minimum atomic E-state index is -0.371. The van der Waals surface area contributed by atoms with Crippen LogP contribution in [0.25, 0.3) is 0 Å². The van der Waals surface area contributed by atoms with E-state index in [1.807, 2.05) is 36.2 Å². The highest BCUT2D eigenvalue weighted by Crippen LogP contribution is 2.23. The van der Waals surface area contributed by atoms with Crippen LogP contribution in [0.4, 0.5) is 11.4 Å². The van der Waals surface area contributed by atoms with E-state index in [2.05, 4.69) is 12.1 Å². The summed E-state index contributed by atoms with van der Waals surface area (Å²) in [6.45, 7) is 0.803. The lowest BCUT2D eigenvalue weighted by Crippen LogP contribution is -2.23. The van der Waals surface area contributed by atoms with E-state index >= 15 is 0 Å². The molecule has 0 unspecified atom stereocenters. The second-order valence-electron chi connectivity index (χ2n) is 4.93. The molecule has 0 atom stereocenters. The smallest absolute Gasteiger partial charge is 0.340 e. The van der Waals surface area contributed by atoms with Crippen molar-refractivity contribution in [2.24, 2.45) is 0 Å². The summed E-state index contributed by atoms with van der Waals surface area (Å²) < 4.78 is 4.82. The Morgan fingerprint density at radius 1 is 1.19 bits per heavy atom. The third-order valence-electron chi connectivity index (χ3n) is 3.42. The summed E-state index contributed by atoms with van der Waals surface area (Å²) in [5.74, 6) is -0.371. The van der Waals surface area contributed by atoms with Gasteiger partial charge in [-0.05, 0) is 30.2 Å². The molecule has 2 rings (SSSR count). The molecule has 21 heavy (non-hydrogen) atoms. The number of nitrogen functional groups attached to an aromatic ring is 1. The number of hydrogen-bond acceptors (Lipinski definition) is 4. The zero-order valence-corrected chi connectivity index (χ0v) is 12.4. The first kappa shape index (κ1) is 14.9. The van der Waals surface area contributed by atoms with E-state index in [9.17, 15) is 4.79 Å². The van der Waals surface area contributed by atoms with Crippen molar-refractivity contribution in [2.45, 2.75) is 6.42 Å². The molecule has 0 aliphatic rings. The van der Waals surface area contributed by atoms with E-state index in [1.54, 1.807) is 12.1 Å². The van der Waals surface area contributed by atoms with Crippen LogP contribution < -0.4 is 10.6 Å². The number of likely N-dealkylation sites (N-methyl/N-ethyl adjacent to an activating group) is 1. The quantitative estimate of drug-likeness (QED) is 0.677. The topological polar surface area (TPSA) is 55.6 Å². The van der Waals surface area contributed by atoms with Gasteiger partial charge in [-0.15, -0.1) is 0 Å². The van der Waals surface area contributed by atoms with Crippen molar-refractivity contribution in [3.63, 3.8) is 0 Å². The molecule has 0 radical (unpaired) electrons. The zero-order chi connectivity index (χ0) is 15.2. The number of ether oxygens (including phenoxy) is 1. The van der Waals surface area contributed by atoms with Gasteiger partial charge in [0.15, 0.2) is 0 Å². The fourth-order valence-corrected chi connectivity index (χ4v) is 2.22. The Balaban J connectivity index is 2.15. The largest absolute Gasteiger partial charge is 0.465 e. The molecule has 0 bridgehead atoms. The lowest BCUT2D eigenvalue weighted by molar-refractivity contribution is 0.0601. The average Bonchev–Trinajstić information content (AvgIpc) is 2.52. The van der Waals surface area contributed by atoms with E-state index in [1.165, 1.54) is 12.7 Å². The third-order valence-corrected chi connectivity index (χ3v) is 3.42. The number of methoxy groups -OCH3 is 1. The Labute approximate surface area is 125 Å². The normalized spacial score (nSPS) is 10.2. The van der Waals surface area contributed by atoms with Crippen LogP contribution in [0, 0.1) is 0 Å². The number of carbonyl (C=O) groups is 1. The maximum Gasteiger partial charge on any atom is 0.340 e. The van der Waals surface area contributed by atoms with Gasteiger partial charge in [0.1, 0.15) is 0 Å². The molecule has 0 amide bonds. The molecule has 0 saturated carbocycles. The highest BCUT2D eigenvalue weighted by atomic mass is 16.5. The summed E-state index contributed by atoms with van der Waals surface area (Å²) in [6, 6.07) is 15.5. The number of anilines is 2. The molecule has 4 heteroatoms. The fraction of sp³-hybridized carbons (Fsp3) is 0.235. The molecule has 0 heterocycles. The molecule has 2 N–H and O–H groups in total. The van der Waals surface area contributed by atoms with Gasteiger partial charge in [0.05, 0.1) is 18.4 Å². The molecular weight excluding hydrogens is 264 g/mol. The fourth-order valence-electron chi connectivity index (χ4n) is 2.22. The van der Waals surface area contributed by atoms with Crippen LogP contribution in [0.5, 0.6) is 0 Å². The van der Waals surface area contributed by atoms with E-state index in [0.717, 1.165) is 18.7 Å². The maximum absolute atomic E-state index is 11.9. The van der Waals surface area contributed by atoms with Crippen LogP contribution in [0.2, 0.25) is 0 Å². The van der Waals surface area contributed by atoms with Crippen LogP contribution >= 0.6 is 0 Å². The van der Waals surface area contributed by atoms with Crippen LogP contribution in [0.1, 0.15) is 15.9 Å². The van der Waals surface area contributed by atoms with E-state index in [-0.39, 0.29) is 5.97 Å². The second kappa shape index (κ2) is 6.79. The Morgan fingerprint density at radius 2 is 1.90 bits per heavy atom. The lowest BCUT2D eigenvalue weighted by atomic mass is 10.1. The summed E-state index contributed by atoms with van der Waals surface area (Å²) >= 11 is 0. The zero-order valence-electron chi connectivity index (χ0n) is 12.4. The number of benzene rings is 2. The number of carbonyl (C=O) groups excluding carboxylic acids is 1. The van der Waals surface area contributed by atoms with E-state index in [0.29, 0.717) is 11.3 Å². The van der Waals surface area contributed by atoms with Crippen LogP contribution in [0.15, 0.2) is 48.5 Å². The molecule has 0 aromatic heterocycles. The Hall–Kier alpha value is -2.49. The van der Waals surface area contributed by atoms with Gasteiger partial charge >= 0.3 is 5.97 Å². The standard InChI is InChI=1S/C17H20N2O2/c1-19(11-10-13-6-4-3-5-7-13)16-9-8-14(18)12-15(16)17(20)21-2/h3-9,12H,10-11,18H2,1-2H3. The Kier molecular flexibility index (Phi) is 4.82. The van der Waals surface area contributed by atoms with Gasteiger partial charge in [-0.2, -0.15) is 0 Å². The number of nitrogens with two attached hydrogens (primary N) is 1. The summed E-state index contributed by atoms with van der Waals surface area (Å²) in [6.07, 6.45) is 0.905. The molecular formula is C17H20N2O2. The number of nitrogens with zero attached hydrogens (tertiary/aromatic N) is 1. The highest BCUT2D eigenvalue weighted by molar-refractivity contribution is 5.96. The van der Waals surface area contributed by atoms with Crippen LogP contribution in [0.3, 0.4) is 0 Å². The average molecular weight is 284 g/mol. The molecule has 0 fully saturated rings. The predicted molar refractivity (Wildman–Crippen MR) is 85.6 cm³/mol. The minimum absolute atomic E-state index is 0.371. The Bertz CT molecular complexity index is 611. The van der Waals surface area contributed by atoms with Gasteiger partial charge in [-0.1, -0.05) is 30.3 Å². The highest BCUT2D eigenvalue weighted by Gasteiger charge is 2.15. The first-order chi connectivity index (χ1) is 10.1. The van der Waals surface area contributed by atoms with Crippen molar-refractivity contribution in [3.8, 4) is 0 Å². The number of rotatable bonds is 5. The number of hydrogen-bond donors (Lipinski definition) is 1. The summed E-state index contributed by atoms with van der Waals surface area (Å²) in [5.41, 5.74) is 8.89.